The number of amides is 2. The van der Waals surface area contributed by atoms with E-state index in [2.05, 4.69) is 56.4 Å². The van der Waals surface area contributed by atoms with Gasteiger partial charge in [0.25, 0.3) is 0 Å². The molecule has 4 saturated heterocycles. The van der Waals surface area contributed by atoms with Crippen LogP contribution in [0.5, 0.6) is 0 Å². The zero-order chi connectivity index (χ0) is 26.8. The van der Waals surface area contributed by atoms with Crippen molar-refractivity contribution >= 4 is 28.9 Å². The SMILES string of the molecule is Nc1ccc(N2CCC(CN3CCC4(CC3)CN(c3ccc(C5CCC(=O)NC5=O)cc3)CCO4)CC2)cc1. The third-order valence-corrected chi connectivity index (χ3v) is 9.30. The quantitative estimate of drug-likeness (QED) is 0.452. The second-order valence-electron chi connectivity index (χ2n) is 11.9. The van der Waals surface area contributed by atoms with Crippen molar-refractivity contribution in [1.29, 1.82) is 0 Å². The van der Waals surface area contributed by atoms with Crippen LogP contribution < -0.4 is 20.9 Å². The van der Waals surface area contributed by atoms with Crippen LogP contribution in [-0.4, -0.2) is 74.7 Å². The number of nitrogen functional groups attached to an aromatic ring is 1. The number of benzene rings is 2. The van der Waals surface area contributed by atoms with Gasteiger partial charge in [0.2, 0.25) is 11.8 Å². The van der Waals surface area contributed by atoms with Crippen molar-refractivity contribution in [2.24, 2.45) is 5.92 Å². The van der Waals surface area contributed by atoms with Gasteiger partial charge in [0.05, 0.1) is 18.1 Å². The van der Waals surface area contributed by atoms with Crippen molar-refractivity contribution in [3.63, 3.8) is 0 Å². The van der Waals surface area contributed by atoms with Crippen LogP contribution in [0.1, 0.15) is 50.0 Å². The number of nitrogens with zero attached hydrogens (tertiary/aromatic N) is 3. The molecule has 208 valence electrons. The minimum absolute atomic E-state index is 0.0739. The normalized spacial score (nSPS) is 24.7. The van der Waals surface area contributed by atoms with Gasteiger partial charge in [0.1, 0.15) is 0 Å². The van der Waals surface area contributed by atoms with E-state index in [-0.39, 0.29) is 23.3 Å². The van der Waals surface area contributed by atoms with Gasteiger partial charge >= 0.3 is 0 Å². The van der Waals surface area contributed by atoms with Gasteiger partial charge < -0.3 is 25.2 Å². The molecule has 8 heteroatoms. The first-order chi connectivity index (χ1) is 19.0. The second-order valence-corrected chi connectivity index (χ2v) is 11.9. The fourth-order valence-electron chi connectivity index (χ4n) is 6.86. The van der Waals surface area contributed by atoms with Crippen LogP contribution >= 0.6 is 0 Å². The Bertz CT molecular complexity index is 1150. The zero-order valence-electron chi connectivity index (χ0n) is 22.8. The summed E-state index contributed by atoms with van der Waals surface area (Å²) < 4.78 is 6.44. The molecule has 4 heterocycles. The molecular formula is C31H41N5O3. The van der Waals surface area contributed by atoms with Crippen LogP contribution in [0.2, 0.25) is 0 Å². The van der Waals surface area contributed by atoms with Crippen LogP contribution in [0.4, 0.5) is 17.1 Å². The van der Waals surface area contributed by atoms with Crippen LogP contribution in [-0.2, 0) is 14.3 Å². The molecule has 3 N–H and O–H groups in total. The predicted octanol–water partition coefficient (Wildman–Crippen LogP) is 3.38. The van der Waals surface area contributed by atoms with Crippen LogP contribution in [0.3, 0.4) is 0 Å². The Kier molecular flexibility index (Phi) is 7.49. The molecule has 8 nitrogen and oxygen atoms in total. The first kappa shape index (κ1) is 26.1. The standard InChI is InChI=1S/C31H41N5O3/c32-25-3-7-26(8-4-25)35-15-11-23(12-16-35)21-34-17-13-31(14-18-34)22-36(19-20-39-31)27-5-1-24(2-6-27)28-9-10-29(37)33-30(28)38/h1-8,23,28H,9-22,32H2,(H,33,37,38). The molecule has 2 aromatic carbocycles. The lowest BCUT2D eigenvalue weighted by atomic mass is 9.87. The van der Waals surface area contributed by atoms with E-state index < -0.39 is 0 Å². The Morgan fingerprint density at radius 1 is 0.846 bits per heavy atom. The predicted molar refractivity (Wildman–Crippen MR) is 154 cm³/mol. The van der Waals surface area contributed by atoms with Crippen LogP contribution in [0.15, 0.2) is 48.5 Å². The first-order valence-electron chi connectivity index (χ1n) is 14.6. The van der Waals surface area contributed by atoms with Crippen molar-refractivity contribution in [2.45, 2.75) is 50.0 Å². The van der Waals surface area contributed by atoms with Gasteiger partial charge in [-0.2, -0.15) is 0 Å². The summed E-state index contributed by atoms with van der Waals surface area (Å²) in [5.74, 6) is 0.179. The maximum absolute atomic E-state index is 12.3. The number of imide groups is 1. The van der Waals surface area contributed by atoms with Crippen LogP contribution in [0, 0.1) is 5.92 Å². The average molecular weight is 532 g/mol. The van der Waals surface area contributed by atoms with Gasteiger partial charge in [-0.1, -0.05) is 12.1 Å². The summed E-state index contributed by atoms with van der Waals surface area (Å²) in [7, 11) is 0. The molecule has 4 fully saturated rings. The number of hydrogen-bond donors (Lipinski definition) is 2. The topological polar surface area (TPSA) is 91.1 Å². The van der Waals surface area contributed by atoms with E-state index >= 15 is 0 Å². The van der Waals surface area contributed by atoms with Gasteiger partial charge in [0, 0.05) is 69.3 Å². The molecule has 0 saturated carbocycles. The number of piperidine rings is 3. The highest BCUT2D eigenvalue weighted by Gasteiger charge is 2.40. The Balaban J connectivity index is 0.985. The fourth-order valence-corrected chi connectivity index (χ4v) is 6.86. The van der Waals surface area contributed by atoms with E-state index in [0.717, 1.165) is 75.9 Å². The van der Waals surface area contributed by atoms with Crippen molar-refractivity contribution in [3.8, 4) is 0 Å². The van der Waals surface area contributed by atoms with E-state index in [4.69, 9.17) is 10.5 Å². The molecule has 2 aromatic rings. The summed E-state index contributed by atoms with van der Waals surface area (Å²) in [6.07, 6.45) is 5.62. The number of morpholine rings is 1. The molecule has 4 aliphatic rings. The number of nitrogens with one attached hydrogen (secondary N) is 1. The summed E-state index contributed by atoms with van der Waals surface area (Å²) in [6.45, 7) is 8.17. The van der Waals surface area contributed by atoms with Crippen molar-refractivity contribution < 1.29 is 14.3 Å². The lowest BCUT2D eigenvalue weighted by Crippen LogP contribution is -2.57. The van der Waals surface area contributed by atoms with Crippen molar-refractivity contribution in [1.82, 2.24) is 10.2 Å². The molecule has 1 atom stereocenters. The Morgan fingerprint density at radius 2 is 1.51 bits per heavy atom. The van der Waals surface area contributed by atoms with Gasteiger partial charge in [-0.15, -0.1) is 0 Å². The molecule has 0 aliphatic carbocycles. The summed E-state index contributed by atoms with van der Waals surface area (Å²) in [5, 5.41) is 2.47. The summed E-state index contributed by atoms with van der Waals surface area (Å²) in [6, 6.07) is 16.6. The largest absolute Gasteiger partial charge is 0.399 e. The monoisotopic (exact) mass is 531 g/mol. The third-order valence-electron chi connectivity index (χ3n) is 9.30. The van der Waals surface area contributed by atoms with Gasteiger partial charge in [0.15, 0.2) is 0 Å². The van der Waals surface area contributed by atoms with E-state index in [1.165, 1.54) is 30.8 Å². The smallest absolute Gasteiger partial charge is 0.234 e. The molecule has 0 aromatic heterocycles. The molecule has 1 unspecified atom stereocenters. The number of carbonyl (C=O) groups is 2. The second kappa shape index (κ2) is 11.2. The van der Waals surface area contributed by atoms with Crippen molar-refractivity contribution in [3.05, 3.63) is 54.1 Å². The maximum Gasteiger partial charge on any atom is 0.234 e. The lowest BCUT2D eigenvalue weighted by molar-refractivity contribution is -0.134. The van der Waals surface area contributed by atoms with Gasteiger partial charge in [-0.05, 0) is 80.0 Å². The Hall–Kier alpha value is -3.10. The minimum Gasteiger partial charge on any atom is -0.399 e. The van der Waals surface area contributed by atoms with E-state index in [1.807, 2.05) is 12.1 Å². The Labute approximate surface area is 231 Å². The maximum atomic E-state index is 12.3. The highest BCUT2D eigenvalue weighted by molar-refractivity contribution is 6.00. The summed E-state index contributed by atoms with van der Waals surface area (Å²) in [5.41, 5.74) is 10.1. The van der Waals surface area contributed by atoms with Crippen molar-refractivity contribution in [2.75, 3.05) is 68.0 Å². The van der Waals surface area contributed by atoms with E-state index in [1.54, 1.807) is 0 Å². The number of carbonyl (C=O) groups excluding carboxylic acids is 2. The highest BCUT2D eigenvalue weighted by atomic mass is 16.5. The summed E-state index contributed by atoms with van der Waals surface area (Å²) >= 11 is 0. The average Bonchev–Trinajstić information content (AvgIpc) is 2.96. The molecule has 2 amide bonds. The molecule has 1 spiro atoms. The molecule has 4 aliphatic heterocycles. The van der Waals surface area contributed by atoms with E-state index in [0.29, 0.717) is 12.8 Å². The third kappa shape index (κ3) is 5.92. The number of hydrogen-bond acceptors (Lipinski definition) is 7. The zero-order valence-corrected chi connectivity index (χ0v) is 22.8. The minimum atomic E-state index is -0.234. The molecule has 6 rings (SSSR count). The van der Waals surface area contributed by atoms with E-state index in [9.17, 15) is 9.59 Å². The summed E-state index contributed by atoms with van der Waals surface area (Å²) in [4.78, 5) is 31.3. The fraction of sp³-hybridized carbons (Fsp3) is 0.548. The molecule has 0 radical (unpaired) electrons. The molecule has 39 heavy (non-hydrogen) atoms. The lowest BCUT2D eigenvalue weighted by Gasteiger charge is -2.48. The van der Waals surface area contributed by atoms with Crippen LogP contribution in [0.25, 0.3) is 0 Å². The first-order valence-corrected chi connectivity index (χ1v) is 14.6. The number of ether oxygens (including phenoxy) is 1. The highest BCUT2D eigenvalue weighted by Crippen LogP contribution is 2.34. The number of nitrogens with two attached hydrogens (primary N) is 1. The number of likely N-dealkylation sites (tertiary alicyclic amines) is 1. The van der Waals surface area contributed by atoms with Gasteiger partial charge in [-0.25, -0.2) is 0 Å². The van der Waals surface area contributed by atoms with Gasteiger partial charge in [-0.3, -0.25) is 14.9 Å². The molecular weight excluding hydrogens is 490 g/mol. The number of rotatable bonds is 5. The Morgan fingerprint density at radius 3 is 2.21 bits per heavy atom. The molecule has 0 bridgehead atoms. The number of anilines is 3.